The predicted molar refractivity (Wildman–Crippen MR) is 63.0 cm³/mol. The van der Waals surface area contributed by atoms with E-state index in [9.17, 15) is 9.18 Å². The first-order valence-electron chi connectivity index (χ1n) is 5.43. The van der Waals surface area contributed by atoms with Crippen molar-refractivity contribution in [1.82, 2.24) is 0 Å². The van der Waals surface area contributed by atoms with Crippen LogP contribution in [-0.4, -0.2) is 5.78 Å². The lowest BCUT2D eigenvalue weighted by Gasteiger charge is -1.93. The molecular formula is C14H9FO3. The quantitative estimate of drug-likeness (QED) is 0.645. The predicted octanol–water partition coefficient (Wildman–Crippen LogP) is 3.70. The first-order chi connectivity index (χ1) is 8.65. The third kappa shape index (κ3) is 1.62. The van der Waals surface area contributed by atoms with Gasteiger partial charge in [-0.2, -0.15) is 0 Å². The maximum atomic E-state index is 13.0. The normalized spacial score (nSPS) is 11.0. The maximum Gasteiger partial charge on any atom is 0.263 e. The Kier molecular flexibility index (Phi) is 2.30. The molecule has 0 aliphatic rings. The van der Waals surface area contributed by atoms with E-state index >= 15 is 0 Å². The lowest BCUT2D eigenvalue weighted by atomic mass is 10.1. The highest BCUT2D eigenvalue weighted by Crippen LogP contribution is 2.23. The molecule has 2 heterocycles. The van der Waals surface area contributed by atoms with Crippen LogP contribution in [0.3, 0.4) is 0 Å². The Balaban J connectivity index is 2.10. The molecule has 0 N–H and O–H groups in total. The van der Waals surface area contributed by atoms with E-state index < -0.39 is 0 Å². The number of ketones is 1. The van der Waals surface area contributed by atoms with Crippen molar-refractivity contribution in [3.05, 3.63) is 59.5 Å². The average molecular weight is 244 g/mol. The fourth-order valence-electron chi connectivity index (χ4n) is 1.84. The van der Waals surface area contributed by atoms with Crippen LogP contribution in [0.2, 0.25) is 0 Å². The Hall–Kier alpha value is -2.36. The largest absolute Gasteiger partial charge is 0.460 e. The van der Waals surface area contributed by atoms with E-state index in [0.717, 1.165) is 5.56 Å². The van der Waals surface area contributed by atoms with Gasteiger partial charge < -0.3 is 8.83 Å². The summed E-state index contributed by atoms with van der Waals surface area (Å²) in [5.74, 6) is -0.311. The Morgan fingerprint density at radius 1 is 1.22 bits per heavy atom. The van der Waals surface area contributed by atoms with Crippen LogP contribution in [-0.2, 0) is 0 Å². The summed E-state index contributed by atoms with van der Waals surface area (Å²) >= 11 is 0. The van der Waals surface area contributed by atoms with Crippen LogP contribution in [0, 0.1) is 12.7 Å². The topological polar surface area (TPSA) is 43.4 Å². The van der Waals surface area contributed by atoms with Gasteiger partial charge in [0.15, 0.2) is 11.5 Å². The van der Waals surface area contributed by atoms with Crippen LogP contribution < -0.4 is 0 Å². The molecule has 18 heavy (non-hydrogen) atoms. The zero-order valence-electron chi connectivity index (χ0n) is 9.57. The van der Waals surface area contributed by atoms with Gasteiger partial charge in [0.1, 0.15) is 11.4 Å². The van der Waals surface area contributed by atoms with Crippen LogP contribution in [0.1, 0.15) is 21.9 Å². The summed E-state index contributed by atoms with van der Waals surface area (Å²) in [5, 5.41) is 0.558. The molecule has 3 rings (SSSR count). The zero-order valence-corrected chi connectivity index (χ0v) is 9.57. The molecule has 0 amide bonds. The number of rotatable bonds is 2. The minimum atomic E-state index is -0.364. The summed E-state index contributed by atoms with van der Waals surface area (Å²) in [5.41, 5.74) is 1.22. The van der Waals surface area contributed by atoms with E-state index in [4.69, 9.17) is 8.83 Å². The summed E-state index contributed by atoms with van der Waals surface area (Å²) in [7, 11) is 0. The van der Waals surface area contributed by atoms with Gasteiger partial charge in [-0.05, 0) is 42.8 Å². The van der Waals surface area contributed by atoms with Crippen LogP contribution in [0.4, 0.5) is 4.39 Å². The van der Waals surface area contributed by atoms with Crippen molar-refractivity contribution in [2.45, 2.75) is 6.92 Å². The highest BCUT2D eigenvalue weighted by atomic mass is 19.1. The van der Waals surface area contributed by atoms with Gasteiger partial charge in [-0.15, -0.1) is 0 Å². The number of halogens is 1. The minimum Gasteiger partial charge on any atom is -0.460 e. The van der Waals surface area contributed by atoms with Crippen molar-refractivity contribution in [3.63, 3.8) is 0 Å². The van der Waals surface area contributed by atoms with Gasteiger partial charge in [0.2, 0.25) is 0 Å². The summed E-state index contributed by atoms with van der Waals surface area (Å²) in [6.07, 6.45) is 1.45. The number of fused-ring (bicyclic) bond motifs is 1. The molecule has 0 radical (unpaired) electrons. The second-order valence-electron chi connectivity index (χ2n) is 4.05. The molecule has 0 spiro atoms. The highest BCUT2D eigenvalue weighted by Gasteiger charge is 2.19. The number of carbonyl (C=O) groups excluding carboxylic acids is 1. The summed E-state index contributed by atoms with van der Waals surface area (Å²) in [6, 6.07) is 7.33. The summed E-state index contributed by atoms with van der Waals surface area (Å²) in [6.45, 7) is 1.78. The monoisotopic (exact) mass is 244 g/mol. The van der Waals surface area contributed by atoms with Gasteiger partial charge >= 0.3 is 0 Å². The van der Waals surface area contributed by atoms with Crippen molar-refractivity contribution in [2.24, 2.45) is 0 Å². The van der Waals surface area contributed by atoms with Gasteiger partial charge in [0.25, 0.3) is 5.78 Å². The Morgan fingerprint density at radius 3 is 2.78 bits per heavy atom. The number of benzene rings is 1. The number of furan rings is 2. The minimum absolute atomic E-state index is 0.147. The van der Waals surface area contributed by atoms with E-state index in [0.29, 0.717) is 11.0 Å². The lowest BCUT2D eigenvalue weighted by Crippen LogP contribution is -1.99. The molecule has 0 aliphatic carbocycles. The Morgan fingerprint density at radius 2 is 2.06 bits per heavy atom. The average Bonchev–Trinajstić information content (AvgIpc) is 2.93. The van der Waals surface area contributed by atoms with Crippen molar-refractivity contribution >= 4 is 16.8 Å². The van der Waals surface area contributed by atoms with Gasteiger partial charge in [-0.25, -0.2) is 4.39 Å². The zero-order chi connectivity index (χ0) is 12.7. The van der Waals surface area contributed by atoms with Crippen molar-refractivity contribution in [2.75, 3.05) is 0 Å². The standard InChI is InChI=1S/C14H9FO3/c1-8-4-5-17-14(8)13(16)12-7-9-6-10(15)2-3-11(9)18-12/h2-7H,1H3. The first-order valence-corrected chi connectivity index (χ1v) is 5.43. The van der Waals surface area contributed by atoms with Crippen molar-refractivity contribution in [1.29, 1.82) is 0 Å². The summed E-state index contributed by atoms with van der Waals surface area (Å²) in [4.78, 5) is 12.1. The molecule has 0 fully saturated rings. The molecule has 0 aliphatic heterocycles. The second-order valence-corrected chi connectivity index (χ2v) is 4.05. The molecule has 90 valence electrons. The van der Waals surface area contributed by atoms with E-state index in [-0.39, 0.29) is 23.1 Å². The number of hydrogen-bond acceptors (Lipinski definition) is 3. The fourth-order valence-corrected chi connectivity index (χ4v) is 1.84. The van der Waals surface area contributed by atoms with E-state index in [1.165, 1.54) is 30.5 Å². The number of aryl methyl sites for hydroxylation is 1. The first kappa shape index (κ1) is 10.8. The molecule has 2 aromatic heterocycles. The van der Waals surface area contributed by atoms with Crippen molar-refractivity contribution in [3.8, 4) is 0 Å². The van der Waals surface area contributed by atoms with Crippen LogP contribution in [0.5, 0.6) is 0 Å². The highest BCUT2D eigenvalue weighted by molar-refractivity contribution is 6.08. The van der Waals surface area contributed by atoms with Crippen molar-refractivity contribution < 1.29 is 18.0 Å². The third-order valence-electron chi connectivity index (χ3n) is 2.77. The smallest absolute Gasteiger partial charge is 0.263 e. The SMILES string of the molecule is Cc1ccoc1C(=O)c1cc2cc(F)ccc2o1. The van der Waals surface area contributed by atoms with Gasteiger partial charge in [0.05, 0.1) is 6.26 Å². The molecular weight excluding hydrogens is 235 g/mol. The fraction of sp³-hybridized carbons (Fsp3) is 0.0714. The van der Waals surface area contributed by atoms with E-state index in [1.54, 1.807) is 13.0 Å². The lowest BCUT2D eigenvalue weighted by molar-refractivity contribution is 0.0984. The molecule has 0 saturated heterocycles. The van der Waals surface area contributed by atoms with Gasteiger partial charge in [0, 0.05) is 5.39 Å². The molecule has 1 aromatic carbocycles. The molecule has 4 heteroatoms. The molecule has 0 bridgehead atoms. The van der Waals surface area contributed by atoms with Crippen LogP contribution in [0.15, 0.2) is 45.4 Å². The van der Waals surface area contributed by atoms with Crippen LogP contribution >= 0.6 is 0 Å². The molecule has 3 nitrogen and oxygen atoms in total. The molecule has 0 saturated carbocycles. The third-order valence-corrected chi connectivity index (χ3v) is 2.77. The molecule has 0 unspecified atom stereocenters. The van der Waals surface area contributed by atoms with Crippen LogP contribution in [0.25, 0.3) is 11.0 Å². The number of hydrogen-bond donors (Lipinski definition) is 0. The Labute approximate surface area is 102 Å². The molecule has 3 aromatic rings. The maximum absolute atomic E-state index is 13.0. The molecule has 0 atom stereocenters. The number of carbonyl (C=O) groups is 1. The summed E-state index contributed by atoms with van der Waals surface area (Å²) < 4.78 is 23.5. The Bertz CT molecular complexity index is 736. The van der Waals surface area contributed by atoms with E-state index in [2.05, 4.69) is 0 Å². The van der Waals surface area contributed by atoms with E-state index in [1.807, 2.05) is 0 Å². The second kappa shape index (κ2) is 3.84. The van der Waals surface area contributed by atoms with Gasteiger partial charge in [-0.1, -0.05) is 0 Å². The van der Waals surface area contributed by atoms with Gasteiger partial charge in [-0.3, -0.25) is 4.79 Å².